The standard InChI is InChI=1S/C13H16FN5/c14-10-4-5-12(15)11(8-10)13-16-17-18-19(13)7-6-9-2-1-3-9/h4-5,8-9H,1-3,6-7,15H2. The van der Waals surface area contributed by atoms with E-state index in [-0.39, 0.29) is 5.82 Å². The van der Waals surface area contributed by atoms with E-state index in [2.05, 4.69) is 15.5 Å². The minimum Gasteiger partial charge on any atom is -0.398 e. The molecule has 0 bridgehead atoms. The minimum atomic E-state index is -0.335. The molecule has 2 N–H and O–H groups in total. The molecular weight excluding hydrogens is 245 g/mol. The summed E-state index contributed by atoms with van der Waals surface area (Å²) in [6, 6.07) is 4.25. The van der Waals surface area contributed by atoms with E-state index in [1.165, 1.54) is 37.5 Å². The lowest BCUT2D eigenvalue weighted by atomic mass is 9.83. The van der Waals surface area contributed by atoms with Gasteiger partial charge in [0.15, 0.2) is 5.82 Å². The van der Waals surface area contributed by atoms with Crippen molar-refractivity contribution < 1.29 is 4.39 Å². The maximum Gasteiger partial charge on any atom is 0.184 e. The van der Waals surface area contributed by atoms with Gasteiger partial charge in [-0.1, -0.05) is 19.3 Å². The number of benzene rings is 1. The second kappa shape index (κ2) is 4.95. The minimum absolute atomic E-state index is 0.335. The second-order valence-corrected chi connectivity index (χ2v) is 5.04. The van der Waals surface area contributed by atoms with Crippen molar-refractivity contribution in [1.29, 1.82) is 0 Å². The molecule has 1 aliphatic rings. The van der Waals surface area contributed by atoms with Gasteiger partial charge in [-0.15, -0.1) is 5.10 Å². The fourth-order valence-corrected chi connectivity index (χ4v) is 2.36. The molecular formula is C13H16FN5. The second-order valence-electron chi connectivity index (χ2n) is 5.04. The Labute approximate surface area is 110 Å². The summed E-state index contributed by atoms with van der Waals surface area (Å²) < 4.78 is 15.0. The Morgan fingerprint density at radius 1 is 1.37 bits per heavy atom. The first-order chi connectivity index (χ1) is 9.24. The molecule has 1 aliphatic carbocycles. The van der Waals surface area contributed by atoms with Crippen molar-refractivity contribution in [3.8, 4) is 11.4 Å². The number of rotatable bonds is 4. The first-order valence-corrected chi connectivity index (χ1v) is 6.55. The van der Waals surface area contributed by atoms with Crippen LogP contribution in [0.1, 0.15) is 25.7 Å². The maximum absolute atomic E-state index is 13.3. The molecule has 0 radical (unpaired) electrons. The van der Waals surface area contributed by atoms with Crippen LogP contribution in [0.3, 0.4) is 0 Å². The van der Waals surface area contributed by atoms with E-state index in [1.54, 1.807) is 4.68 Å². The molecule has 0 aliphatic heterocycles. The van der Waals surface area contributed by atoms with Crippen molar-refractivity contribution in [3.05, 3.63) is 24.0 Å². The van der Waals surface area contributed by atoms with E-state index in [0.717, 1.165) is 18.9 Å². The summed E-state index contributed by atoms with van der Waals surface area (Å²) in [7, 11) is 0. The molecule has 19 heavy (non-hydrogen) atoms. The number of halogens is 1. The maximum atomic E-state index is 13.3. The van der Waals surface area contributed by atoms with Crippen LogP contribution in [0.4, 0.5) is 10.1 Å². The Kier molecular flexibility index (Phi) is 3.15. The molecule has 1 saturated carbocycles. The van der Waals surface area contributed by atoms with Crippen molar-refractivity contribution in [3.63, 3.8) is 0 Å². The average Bonchev–Trinajstić information content (AvgIpc) is 2.78. The lowest BCUT2D eigenvalue weighted by molar-refractivity contribution is 0.277. The number of aryl methyl sites for hydroxylation is 1. The average molecular weight is 261 g/mol. The molecule has 100 valence electrons. The molecule has 5 nitrogen and oxygen atoms in total. The van der Waals surface area contributed by atoms with Gasteiger partial charge >= 0.3 is 0 Å². The van der Waals surface area contributed by atoms with E-state index < -0.39 is 0 Å². The highest BCUT2D eigenvalue weighted by molar-refractivity contribution is 5.71. The van der Waals surface area contributed by atoms with E-state index in [0.29, 0.717) is 17.1 Å². The van der Waals surface area contributed by atoms with Crippen LogP contribution in [0, 0.1) is 11.7 Å². The van der Waals surface area contributed by atoms with E-state index in [9.17, 15) is 4.39 Å². The van der Waals surface area contributed by atoms with Gasteiger partial charge in [-0.2, -0.15) is 0 Å². The quantitative estimate of drug-likeness (QED) is 0.857. The van der Waals surface area contributed by atoms with Crippen molar-refractivity contribution in [2.24, 2.45) is 5.92 Å². The summed E-state index contributed by atoms with van der Waals surface area (Å²) >= 11 is 0. The van der Waals surface area contributed by atoms with Gasteiger partial charge in [0.25, 0.3) is 0 Å². The van der Waals surface area contributed by atoms with Crippen LogP contribution in [0.25, 0.3) is 11.4 Å². The Bertz CT molecular complexity index is 576. The number of nitrogens with zero attached hydrogens (tertiary/aromatic N) is 4. The third-order valence-electron chi connectivity index (χ3n) is 3.76. The van der Waals surface area contributed by atoms with E-state index >= 15 is 0 Å². The Morgan fingerprint density at radius 2 is 2.21 bits per heavy atom. The number of hydrogen-bond acceptors (Lipinski definition) is 4. The lowest BCUT2D eigenvalue weighted by Gasteiger charge is -2.25. The van der Waals surface area contributed by atoms with Crippen LogP contribution < -0.4 is 5.73 Å². The molecule has 2 aromatic rings. The highest BCUT2D eigenvalue weighted by Crippen LogP contribution is 2.30. The summed E-state index contributed by atoms with van der Waals surface area (Å²) in [6.07, 6.45) is 4.97. The summed E-state index contributed by atoms with van der Waals surface area (Å²) in [5, 5.41) is 11.6. The molecule has 0 spiro atoms. The third kappa shape index (κ3) is 2.43. The molecule has 1 aromatic heterocycles. The Morgan fingerprint density at radius 3 is 2.95 bits per heavy atom. The molecule has 3 rings (SSSR count). The fraction of sp³-hybridized carbons (Fsp3) is 0.462. The van der Waals surface area contributed by atoms with E-state index in [4.69, 9.17) is 5.73 Å². The number of hydrogen-bond donors (Lipinski definition) is 1. The van der Waals surface area contributed by atoms with Gasteiger partial charge in [-0.3, -0.25) is 0 Å². The highest BCUT2D eigenvalue weighted by Gasteiger charge is 2.19. The van der Waals surface area contributed by atoms with Crippen molar-refractivity contribution in [1.82, 2.24) is 20.2 Å². The summed E-state index contributed by atoms with van der Waals surface area (Å²) in [6.45, 7) is 0.753. The van der Waals surface area contributed by atoms with Crippen LogP contribution in [0.15, 0.2) is 18.2 Å². The molecule has 0 saturated heterocycles. The topological polar surface area (TPSA) is 69.6 Å². The molecule has 1 aromatic carbocycles. The predicted octanol–water partition coefficient (Wildman–Crippen LogP) is 2.25. The predicted molar refractivity (Wildman–Crippen MR) is 69.6 cm³/mol. The summed E-state index contributed by atoms with van der Waals surface area (Å²) in [5.41, 5.74) is 6.91. The van der Waals surface area contributed by atoms with Gasteiger partial charge in [0.1, 0.15) is 5.82 Å². The van der Waals surface area contributed by atoms with Gasteiger partial charge in [-0.05, 0) is 41.0 Å². The first kappa shape index (κ1) is 12.1. The molecule has 6 heteroatoms. The largest absolute Gasteiger partial charge is 0.398 e. The Hall–Kier alpha value is -1.98. The first-order valence-electron chi connectivity index (χ1n) is 6.55. The lowest BCUT2D eigenvalue weighted by Crippen LogP contribution is -2.15. The summed E-state index contributed by atoms with van der Waals surface area (Å²) in [5.74, 6) is 0.982. The van der Waals surface area contributed by atoms with Crippen LogP contribution >= 0.6 is 0 Å². The van der Waals surface area contributed by atoms with Gasteiger partial charge < -0.3 is 5.73 Å². The monoisotopic (exact) mass is 261 g/mol. The van der Waals surface area contributed by atoms with Gasteiger partial charge in [0, 0.05) is 17.8 Å². The molecule has 0 atom stereocenters. The zero-order valence-electron chi connectivity index (χ0n) is 10.6. The number of aromatic nitrogens is 4. The summed E-state index contributed by atoms with van der Waals surface area (Å²) in [4.78, 5) is 0. The molecule has 0 amide bonds. The van der Waals surface area contributed by atoms with Crippen LogP contribution in [0.5, 0.6) is 0 Å². The normalized spacial score (nSPS) is 15.4. The number of tetrazole rings is 1. The number of nitrogen functional groups attached to an aromatic ring is 1. The van der Waals surface area contributed by atoms with Crippen molar-refractivity contribution in [2.45, 2.75) is 32.2 Å². The molecule has 0 unspecified atom stereocenters. The van der Waals surface area contributed by atoms with Crippen molar-refractivity contribution >= 4 is 5.69 Å². The Balaban J connectivity index is 1.83. The highest BCUT2D eigenvalue weighted by atomic mass is 19.1. The molecule has 1 fully saturated rings. The van der Waals surface area contributed by atoms with E-state index in [1.807, 2.05) is 0 Å². The fourth-order valence-electron chi connectivity index (χ4n) is 2.36. The zero-order valence-corrected chi connectivity index (χ0v) is 10.6. The van der Waals surface area contributed by atoms with Crippen molar-refractivity contribution in [2.75, 3.05) is 5.73 Å². The van der Waals surface area contributed by atoms with Gasteiger partial charge in [0.05, 0.1) is 0 Å². The van der Waals surface area contributed by atoms with Crippen LogP contribution in [-0.4, -0.2) is 20.2 Å². The van der Waals surface area contributed by atoms with Gasteiger partial charge in [0.2, 0.25) is 0 Å². The van der Waals surface area contributed by atoms with Crippen LogP contribution in [-0.2, 0) is 6.54 Å². The third-order valence-corrected chi connectivity index (χ3v) is 3.76. The zero-order chi connectivity index (χ0) is 13.2. The number of anilines is 1. The smallest absolute Gasteiger partial charge is 0.184 e. The number of nitrogens with two attached hydrogens (primary N) is 1. The van der Waals surface area contributed by atoms with Crippen LogP contribution in [0.2, 0.25) is 0 Å². The molecule has 1 heterocycles. The van der Waals surface area contributed by atoms with Gasteiger partial charge in [-0.25, -0.2) is 9.07 Å². The SMILES string of the molecule is Nc1ccc(F)cc1-c1nnnn1CCC1CCC1.